The van der Waals surface area contributed by atoms with Crippen LogP contribution in [0.3, 0.4) is 0 Å². The second-order valence-corrected chi connectivity index (χ2v) is 5.22. The fourth-order valence-electron chi connectivity index (χ4n) is 1.28. The third kappa shape index (κ3) is 2.76. The normalized spacial score (nSPS) is 38.0. The molecule has 1 rings (SSSR count). The zero-order chi connectivity index (χ0) is 8.54. The molecule has 4 nitrogen and oxygen atoms in total. The fraction of sp³-hybridized carbons (Fsp3) is 1.00. The highest BCUT2D eigenvalue weighted by molar-refractivity contribution is 7.89. The summed E-state index contributed by atoms with van der Waals surface area (Å²) in [5, 5.41) is 0. The molecule has 1 unspecified atom stereocenters. The van der Waals surface area contributed by atoms with Gasteiger partial charge in [0.05, 0.1) is 5.75 Å². The second kappa shape index (κ2) is 2.73. The Morgan fingerprint density at radius 1 is 1.55 bits per heavy atom. The van der Waals surface area contributed by atoms with Gasteiger partial charge < -0.3 is 5.73 Å². The van der Waals surface area contributed by atoms with Gasteiger partial charge >= 0.3 is 0 Å². The molecule has 0 saturated carbocycles. The quantitative estimate of drug-likeness (QED) is 0.521. The summed E-state index contributed by atoms with van der Waals surface area (Å²) in [6.07, 6.45) is 1.59. The van der Waals surface area contributed by atoms with Crippen molar-refractivity contribution in [3.8, 4) is 0 Å². The van der Waals surface area contributed by atoms with Crippen LogP contribution in [0.25, 0.3) is 0 Å². The van der Waals surface area contributed by atoms with Gasteiger partial charge in [0.25, 0.3) is 0 Å². The minimum Gasteiger partial charge on any atom is -0.324 e. The van der Waals surface area contributed by atoms with E-state index in [0.717, 1.165) is 12.8 Å². The average Bonchev–Trinajstić information content (AvgIpc) is 1.86. The molecule has 0 amide bonds. The molecule has 11 heavy (non-hydrogen) atoms. The van der Waals surface area contributed by atoms with Crippen LogP contribution in [0.1, 0.15) is 19.8 Å². The van der Waals surface area contributed by atoms with E-state index in [1.165, 1.54) is 0 Å². The molecule has 1 aliphatic rings. The van der Waals surface area contributed by atoms with E-state index in [1.807, 2.05) is 0 Å². The van der Waals surface area contributed by atoms with Gasteiger partial charge in [0.15, 0.2) is 0 Å². The van der Waals surface area contributed by atoms with Crippen molar-refractivity contribution in [3.63, 3.8) is 0 Å². The smallest absolute Gasteiger partial charge is 0.213 e. The summed E-state index contributed by atoms with van der Waals surface area (Å²) in [6.45, 7) is 2.30. The Morgan fingerprint density at radius 2 is 2.18 bits per heavy atom. The maximum absolute atomic E-state index is 11.1. The van der Waals surface area contributed by atoms with Gasteiger partial charge in [-0.1, -0.05) is 0 Å². The van der Waals surface area contributed by atoms with E-state index in [9.17, 15) is 8.42 Å². The van der Waals surface area contributed by atoms with E-state index >= 15 is 0 Å². The first-order valence-electron chi connectivity index (χ1n) is 3.68. The Labute approximate surface area is 67.2 Å². The van der Waals surface area contributed by atoms with Crippen LogP contribution in [0, 0.1) is 0 Å². The lowest BCUT2D eigenvalue weighted by molar-refractivity contribution is 0.471. The van der Waals surface area contributed by atoms with E-state index in [-0.39, 0.29) is 5.75 Å². The molecule has 0 radical (unpaired) electrons. The molecule has 1 heterocycles. The fourth-order valence-corrected chi connectivity index (χ4v) is 2.85. The highest BCUT2D eigenvalue weighted by Crippen LogP contribution is 2.13. The van der Waals surface area contributed by atoms with Gasteiger partial charge in [-0.15, -0.1) is 0 Å². The summed E-state index contributed by atoms with van der Waals surface area (Å²) < 4.78 is 24.7. The monoisotopic (exact) mass is 178 g/mol. The van der Waals surface area contributed by atoms with Crippen molar-refractivity contribution < 1.29 is 8.42 Å². The molecular formula is C6H14N2O2S. The van der Waals surface area contributed by atoms with Crippen molar-refractivity contribution in [3.05, 3.63) is 0 Å². The van der Waals surface area contributed by atoms with Gasteiger partial charge in [-0.3, -0.25) is 0 Å². The number of hydrogen-bond acceptors (Lipinski definition) is 3. The number of nitrogens with one attached hydrogen (secondary N) is 1. The van der Waals surface area contributed by atoms with Crippen LogP contribution in [0.2, 0.25) is 0 Å². The van der Waals surface area contributed by atoms with E-state index in [0.29, 0.717) is 6.54 Å². The molecule has 1 saturated heterocycles. The molecule has 1 atom stereocenters. The molecule has 3 N–H and O–H groups in total. The highest BCUT2D eigenvalue weighted by atomic mass is 32.2. The lowest BCUT2D eigenvalue weighted by atomic mass is 10.0. The summed E-state index contributed by atoms with van der Waals surface area (Å²) >= 11 is 0. The van der Waals surface area contributed by atoms with Crippen LogP contribution in [-0.4, -0.2) is 26.3 Å². The predicted octanol–water partition coefficient (Wildman–Crippen LogP) is -0.583. The van der Waals surface area contributed by atoms with Crippen molar-refractivity contribution in [1.82, 2.24) is 4.72 Å². The summed E-state index contributed by atoms with van der Waals surface area (Å²) in [7, 11) is -3.10. The first-order valence-corrected chi connectivity index (χ1v) is 5.33. The second-order valence-electron chi connectivity index (χ2n) is 3.41. The zero-order valence-corrected chi connectivity index (χ0v) is 7.45. The number of hydrogen-bond donors (Lipinski definition) is 2. The SMILES string of the molecule is CC1(N)CCCNS(=O)(=O)C1. The average molecular weight is 178 g/mol. The Bertz CT molecular complexity index is 233. The Balaban J connectivity index is 2.78. The predicted molar refractivity (Wildman–Crippen MR) is 43.6 cm³/mol. The maximum Gasteiger partial charge on any atom is 0.213 e. The molecule has 5 heteroatoms. The van der Waals surface area contributed by atoms with Gasteiger partial charge in [-0.2, -0.15) is 0 Å². The van der Waals surface area contributed by atoms with Crippen molar-refractivity contribution in [1.29, 1.82) is 0 Å². The lowest BCUT2D eigenvalue weighted by Gasteiger charge is -2.20. The molecule has 1 fully saturated rings. The van der Waals surface area contributed by atoms with E-state index in [4.69, 9.17) is 5.73 Å². The zero-order valence-electron chi connectivity index (χ0n) is 6.63. The van der Waals surface area contributed by atoms with Gasteiger partial charge in [0, 0.05) is 12.1 Å². The number of sulfonamides is 1. The third-order valence-electron chi connectivity index (χ3n) is 1.77. The van der Waals surface area contributed by atoms with Crippen LogP contribution < -0.4 is 10.5 Å². The largest absolute Gasteiger partial charge is 0.324 e. The molecular weight excluding hydrogens is 164 g/mol. The van der Waals surface area contributed by atoms with Crippen LogP contribution in [0.5, 0.6) is 0 Å². The lowest BCUT2D eigenvalue weighted by Crippen LogP contribution is -2.43. The molecule has 1 aliphatic heterocycles. The van der Waals surface area contributed by atoms with E-state index in [1.54, 1.807) is 6.92 Å². The minimum absolute atomic E-state index is 0.0417. The molecule has 0 aromatic rings. The van der Waals surface area contributed by atoms with Crippen molar-refractivity contribution in [2.75, 3.05) is 12.3 Å². The molecule has 0 aliphatic carbocycles. The number of nitrogens with two attached hydrogens (primary N) is 1. The summed E-state index contributed by atoms with van der Waals surface area (Å²) in [5.41, 5.74) is 5.18. The summed E-state index contributed by atoms with van der Waals surface area (Å²) in [4.78, 5) is 0. The molecule has 0 aromatic carbocycles. The van der Waals surface area contributed by atoms with Crippen molar-refractivity contribution in [2.45, 2.75) is 25.3 Å². The standard InChI is InChI=1S/C6H14N2O2S/c1-6(7)3-2-4-8-11(9,10)5-6/h8H,2-5,7H2,1H3. The minimum atomic E-state index is -3.10. The first kappa shape index (κ1) is 8.96. The van der Waals surface area contributed by atoms with Crippen LogP contribution in [0.15, 0.2) is 0 Å². The Morgan fingerprint density at radius 3 is 2.82 bits per heavy atom. The first-order chi connectivity index (χ1) is 4.91. The van der Waals surface area contributed by atoms with Crippen molar-refractivity contribution >= 4 is 10.0 Å². The van der Waals surface area contributed by atoms with Crippen molar-refractivity contribution in [2.24, 2.45) is 5.73 Å². The van der Waals surface area contributed by atoms with Gasteiger partial charge in [0.2, 0.25) is 10.0 Å². The van der Waals surface area contributed by atoms with Crippen LogP contribution in [-0.2, 0) is 10.0 Å². The molecule has 0 aromatic heterocycles. The maximum atomic E-state index is 11.1. The Kier molecular flexibility index (Phi) is 2.22. The summed E-state index contributed by atoms with van der Waals surface area (Å²) in [5.74, 6) is 0.0417. The highest BCUT2D eigenvalue weighted by Gasteiger charge is 2.28. The molecule has 0 bridgehead atoms. The van der Waals surface area contributed by atoms with Gasteiger partial charge in [-0.05, 0) is 19.8 Å². The van der Waals surface area contributed by atoms with E-state index < -0.39 is 15.6 Å². The molecule has 66 valence electrons. The van der Waals surface area contributed by atoms with Gasteiger partial charge in [-0.25, -0.2) is 13.1 Å². The Hall–Kier alpha value is -0.130. The van der Waals surface area contributed by atoms with E-state index in [2.05, 4.69) is 4.72 Å². The third-order valence-corrected chi connectivity index (χ3v) is 3.45. The van der Waals surface area contributed by atoms with Crippen LogP contribution in [0.4, 0.5) is 0 Å². The summed E-state index contributed by atoms with van der Waals surface area (Å²) in [6, 6.07) is 0. The topological polar surface area (TPSA) is 72.2 Å². The number of rotatable bonds is 0. The molecule has 0 spiro atoms. The van der Waals surface area contributed by atoms with Gasteiger partial charge in [0.1, 0.15) is 0 Å². The van der Waals surface area contributed by atoms with Crippen LogP contribution >= 0.6 is 0 Å².